The zero-order chi connectivity index (χ0) is 21.2. The predicted molar refractivity (Wildman–Crippen MR) is 129 cm³/mol. The molecular weight excluding hydrogens is 403 g/mol. The Kier molecular flexibility index (Phi) is 5.57. The summed E-state index contributed by atoms with van der Waals surface area (Å²) in [6, 6.07) is 28.0. The number of ether oxygens (including phenoxy) is 2. The van der Waals surface area contributed by atoms with Gasteiger partial charge in [0.05, 0.1) is 12.1 Å². The zero-order valence-electron chi connectivity index (χ0n) is 17.7. The predicted octanol–water partition coefficient (Wildman–Crippen LogP) is 3.78. The standard InChI is InChI=1S/C26H25N2O2P/c1-18-16-29-25(27-18)21-12-6-8-14-23(21)31(20-10-4-3-5-11-20)24-15-9-7-13-22(24)26-28-19(2)17-30-26/h3-15,18-19H,16-17H2,1-2H3/t18-,19-/m0/s1. The van der Waals surface area contributed by atoms with Crippen molar-refractivity contribution in [1.82, 2.24) is 0 Å². The molecule has 5 rings (SSSR count). The van der Waals surface area contributed by atoms with Gasteiger partial charge >= 0.3 is 0 Å². The van der Waals surface area contributed by atoms with E-state index in [1.54, 1.807) is 0 Å². The molecule has 0 spiro atoms. The number of rotatable bonds is 5. The maximum absolute atomic E-state index is 5.97. The van der Waals surface area contributed by atoms with Gasteiger partial charge in [-0.1, -0.05) is 66.7 Å². The van der Waals surface area contributed by atoms with E-state index in [2.05, 4.69) is 92.7 Å². The highest BCUT2D eigenvalue weighted by atomic mass is 31.1. The zero-order valence-corrected chi connectivity index (χ0v) is 18.6. The fraction of sp³-hybridized carbons (Fsp3) is 0.231. The summed E-state index contributed by atoms with van der Waals surface area (Å²) in [5.74, 6) is 1.49. The number of aliphatic imine (C=N–C) groups is 2. The van der Waals surface area contributed by atoms with Crippen LogP contribution in [0, 0.1) is 0 Å². The monoisotopic (exact) mass is 428 g/mol. The molecule has 2 aliphatic heterocycles. The first-order valence-corrected chi connectivity index (χ1v) is 12.0. The van der Waals surface area contributed by atoms with Crippen LogP contribution in [0.4, 0.5) is 0 Å². The van der Waals surface area contributed by atoms with Gasteiger partial charge in [-0.2, -0.15) is 0 Å². The lowest BCUT2D eigenvalue weighted by atomic mass is 10.2. The van der Waals surface area contributed by atoms with Crippen molar-refractivity contribution in [2.45, 2.75) is 25.9 Å². The lowest BCUT2D eigenvalue weighted by molar-refractivity contribution is 0.324. The van der Waals surface area contributed by atoms with Crippen molar-refractivity contribution in [3.05, 3.63) is 90.0 Å². The molecule has 156 valence electrons. The molecule has 0 aromatic heterocycles. The molecule has 0 bridgehead atoms. The van der Waals surface area contributed by atoms with Crippen molar-refractivity contribution in [2.24, 2.45) is 9.98 Å². The second-order valence-corrected chi connectivity index (χ2v) is 10.0. The van der Waals surface area contributed by atoms with Crippen molar-refractivity contribution in [3.63, 3.8) is 0 Å². The van der Waals surface area contributed by atoms with Crippen LogP contribution in [0.2, 0.25) is 0 Å². The van der Waals surface area contributed by atoms with Crippen LogP contribution >= 0.6 is 7.92 Å². The van der Waals surface area contributed by atoms with Crippen LogP contribution in [0.1, 0.15) is 25.0 Å². The molecule has 0 saturated carbocycles. The molecule has 2 heterocycles. The minimum atomic E-state index is -0.870. The Morgan fingerprint density at radius 2 is 1.10 bits per heavy atom. The van der Waals surface area contributed by atoms with E-state index < -0.39 is 7.92 Å². The van der Waals surface area contributed by atoms with Crippen LogP contribution < -0.4 is 15.9 Å². The van der Waals surface area contributed by atoms with Crippen LogP contribution in [0.5, 0.6) is 0 Å². The van der Waals surface area contributed by atoms with Gasteiger partial charge in [-0.3, -0.25) is 0 Å². The summed E-state index contributed by atoms with van der Waals surface area (Å²) in [5, 5.41) is 3.74. The van der Waals surface area contributed by atoms with Crippen molar-refractivity contribution >= 4 is 35.6 Å². The first-order valence-electron chi connectivity index (χ1n) is 10.7. The fourth-order valence-corrected chi connectivity index (χ4v) is 6.51. The molecule has 31 heavy (non-hydrogen) atoms. The van der Waals surface area contributed by atoms with Crippen LogP contribution in [-0.2, 0) is 9.47 Å². The van der Waals surface area contributed by atoms with Gasteiger partial charge in [0, 0.05) is 11.1 Å². The summed E-state index contributed by atoms with van der Waals surface area (Å²) < 4.78 is 11.9. The summed E-state index contributed by atoms with van der Waals surface area (Å²) in [6.07, 6.45) is 0. The molecule has 3 aromatic carbocycles. The molecule has 2 aliphatic rings. The molecule has 0 amide bonds. The van der Waals surface area contributed by atoms with E-state index in [0.717, 1.165) is 22.9 Å². The quantitative estimate of drug-likeness (QED) is 0.581. The summed E-state index contributed by atoms with van der Waals surface area (Å²) in [7, 11) is -0.870. The van der Waals surface area contributed by atoms with Crippen molar-refractivity contribution in [2.75, 3.05) is 13.2 Å². The first-order chi connectivity index (χ1) is 15.2. The van der Waals surface area contributed by atoms with Crippen molar-refractivity contribution in [1.29, 1.82) is 0 Å². The van der Waals surface area contributed by atoms with Gasteiger partial charge in [-0.15, -0.1) is 0 Å². The van der Waals surface area contributed by atoms with Gasteiger partial charge in [0.15, 0.2) is 0 Å². The molecule has 0 N–H and O–H groups in total. The van der Waals surface area contributed by atoms with Crippen molar-refractivity contribution < 1.29 is 9.47 Å². The SMILES string of the molecule is C[C@H]1COC(c2ccccc2P(c2ccccc2)c2ccccc2C2=N[C@@H](C)CO2)=N1. The van der Waals surface area contributed by atoms with Gasteiger partial charge < -0.3 is 9.47 Å². The Labute approximate surface area is 184 Å². The molecule has 0 saturated heterocycles. The minimum absolute atomic E-state index is 0.182. The van der Waals surface area contributed by atoms with Crippen molar-refractivity contribution in [3.8, 4) is 0 Å². The highest BCUT2D eigenvalue weighted by molar-refractivity contribution is 7.80. The maximum atomic E-state index is 5.97. The molecule has 2 atom stereocenters. The smallest absolute Gasteiger partial charge is 0.217 e. The molecular formula is C26H25N2O2P. The van der Waals surface area contributed by atoms with Crippen LogP contribution in [0.3, 0.4) is 0 Å². The third kappa shape index (κ3) is 4.00. The van der Waals surface area contributed by atoms with Gasteiger partial charge in [0.25, 0.3) is 0 Å². The number of benzene rings is 3. The van der Waals surface area contributed by atoms with E-state index in [1.807, 2.05) is 0 Å². The van der Waals surface area contributed by atoms with Gasteiger partial charge in [0.1, 0.15) is 13.2 Å². The maximum Gasteiger partial charge on any atom is 0.217 e. The molecule has 0 fully saturated rings. The molecule has 3 aromatic rings. The molecule has 4 nitrogen and oxygen atoms in total. The summed E-state index contributed by atoms with van der Waals surface area (Å²) in [6.45, 7) is 5.43. The molecule has 0 aliphatic carbocycles. The number of hydrogen-bond acceptors (Lipinski definition) is 4. The van der Waals surface area contributed by atoms with Gasteiger partial charge in [-0.25, -0.2) is 9.98 Å². The van der Waals surface area contributed by atoms with E-state index in [1.165, 1.54) is 15.9 Å². The summed E-state index contributed by atoms with van der Waals surface area (Å²) in [4.78, 5) is 9.51. The average molecular weight is 428 g/mol. The van der Waals surface area contributed by atoms with E-state index in [-0.39, 0.29) is 12.1 Å². The molecule has 0 radical (unpaired) electrons. The molecule has 0 unspecified atom stereocenters. The normalized spacial score (nSPS) is 20.2. The Balaban J connectivity index is 1.71. The van der Waals surface area contributed by atoms with Gasteiger partial charge in [-0.05, 0) is 49.8 Å². The summed E-state index contributed by atoms with van der Waals surface area (Å²) >= 11 is 0. The number of hydrogen-bond donors (Lipinski definition) is 0. The van der Waals surface area contributed by atoms with E-state index in [0.29, 0.717) is 13.2 Å². The third-order valence-electron chi connectivity index (χ3n) is 5.36. The van der Waals surface area contributed by atoms with Crippen LogP contribution in [-0.4, -0.2) is 37.1 Å². The highest BCUT2D eigenvalue weighted by Gasteiger charge is 2.28. The number of nitrogens with zero attached hydrogens (tertiary/aromatic N) is 2. The third-order valence-corrected chi connectivity index (χ3v) is 7.92. The minimum Gasteiger partial charge on any atom is -0.475 e. The highest BCUT2D eigenvalue weighted by Crippen LogP contribution is 2.36. The second kappa shape index (κ2) is 8.64. The first kappa shape index (κ1) is 20.0. The summed E-state index contributed by atoms with van der Waals surface area (Å²) in [5.41, 5.74) is 2.14. The Morgan fingerprint density at radius 1 is 0.645 bits per heavy atom. The van der Waals surface area contributed by atoms with E-state index in [9.17, 15) is 0 Å². The largest absolute Gasteiger partial charge is 0.475 e. The lowest BCUT2D eigenvalue weighted by Gasteiger charge is -2.24. The average Bonchev–Trinajstić information content (AvgIpc) is 3.44. The topological polar surface area (TPSA) is 43.2 Å². The lowest BCUT2D eigenvalue weighted by Crippen LogP contribution is -2.28. The van der Waals surface area contributed by atoms with Gasteiger partial charge in [0.2, 0.25) is 11.8 Å². The fourth-order valence-electron chi connectivity index (χ4n) is 3.93. The van der Waals surface area contributed by atoms with Crippen LogP contribution in [0.25, 0.3) is 0 Å². The second-order valence-electron chi connectivity index (χ2n) is 7.89. The van der Waals surface area contributed by atoms with E-state index >= 15 is 0 Å². The van der Waals surface area contributed by atoms with E-state index in [4.69, 9.17) is 19.5 Å². The Bertz CT molecular complexity index is 1070. The Hall–Kier alpha value is -2.97. The molecule has 5 heteroatoms. The Morgan fingerprint density at radius 3 is 1.55 bits per heavy atom. The van der Waals surface area contributed by atoms with Crippen LogP contribution in [0.15, 0.2) is 88.8 Å².